The van der Waals surface area contributed by atoms with Gasteiger partial charge in [-0.15, -0.1) is 0 Å². The van der Waals surface area contributed by atoms with E-state index in [0.29, 0.717) is 11.9 Å². The number of nitrogens with zero attached hydrogens (tertiary/aromatic N) is 1. The van der Waals surface area contributed by atoms with Crippen LogP contribution in [0.25, 0.3) is 11.1 Å². The van der Waals surface area contributed by atoms with Gasteiger partial charge in [-0.3, -0.25) is 9.36 Å². The third kappa shape index (κ3) is 4.75. The van der Waals surface area contributed by atoms with Gasteiger partial charge in [-0.05, 0) is 31.0 Å². The van der Waals surface area contributed by atoms with Crippen molar-refractivity contribution in [2.24, 2.45) is 13.0 Å². The summed E-state index contributed by atoms with van der Waals surface area (Å²) in [6.07, 6.45) is 0.342. The molecule has 3 aromatic rings. The van der Waals surface area contributed by atoms with Gasteiger partial charge in [0.15, 0.2) is 5.58 Å². The fourth-order valence-electron chi connectivity index (χ4n) is 2.97. The highest BCUT2D eigenvalue weighted by molar-refractivity contribution is 7.89. The lowest BCUT2D eigenvalue weighted by molar-refractivity contribution is -0.147. The van der Waals surface area contributed by atoms with Crippen molar-refractivity contribution >= 4 is 27.1 Å². The van der Waals surface area contributed by atoms with Crippen LogP contribution in [0.2, 0.25) is 0 Å². The second-order valence-electron chi connectivity index (χ2n) is 6.55. The number of oxazole rings is 1. The van der Waals surface area contributed by atoms with Gasteiger partial charge in [-0.25, -0.2) is 17.9 Å². The van der Waals surface area contributed by atoms with Gasteiger partial charge >= 0.3 is 11.7 Å². The number of aryl methyl sites for hydroxylation is 1. The first kappa shape index (κ1) is 20.8. The highest BCUT2D eigenvalue weighted by atomic mass is 32.2. The number of aromatic nitrogens is 1. The van der Waals surface area contributed by atoms with E-state index in [1.807, 2.05) is 30.3 Å². The summed E-state index contributed by atoms with van der Waals surface area (Å²) in [5.74, 6) is -1.72. The van der Waals surface area contributed by atoms with Crippen molar-refractivity contribution in [3.8, 4) is 0 Å². The molecular weight excluding hydrogens is 396 g/mol. The first-order valence-corrected chi connectivity index (χ1v) is 10.6. The molecule has 9 heteroatoms. The maximum atomic E-state index is 12.7. The lowest BCUT2D eigenvalue weighted by atomic mass is 10.00. The highest BCUT2D eigenvalue weighted by Gasteiger charge is 2.24. The molecule has 0 bridgehead atoms. The van der Waals surface area contributed by atoms with Crippen LogP contribution >= 0.6 is 0 Å². The van der Waals surface area contributed by atoms with Crippen LogP contribution in [0.4, 0.5) is 0 Å². The number of rotatable bonds is 8. The zero-order valence-corrected chi connectivity index (χ0v) is 16.9. The maximum Gasteiger partial charge on any atom is 0.419 e. The minimum Gasteiger partial charge on any atom is -0.466 e. The lowest BCUT2D eigenvalue weighted by Crippen LogP contribution is -2.35. The van der Waals surface area contributed by atoms with Gasteiger partial charge in [0.1, 0.15) is 0 Å². The molecule has 0 amide bonds. The van der Waals surface area contributed by atoms with Crippen LogP contribution in [0, 0.1) is 5.92 Å². The first-order valence-electron chi connectivity index (χ1n) is 9.11. The van der Waals surface area contributed by atoms with Gasteiger partial charge in [-0.1, -0.05) is 30.3 Å². The Hall–Kier alpha value is -2.91. The molecule has 0 radical (unpaired) electrons. The number of carbonyl (C=O) groups is 1. The van der Waals surface area contributed by atoms with E-state index in [9.17, 15) is 18.0 Å². The number of fused-ring (bicyclic) bond motifs is 1. The number of ether oxygens (including phenoxy) is 1. The second kappa shape index (κ2) is 8.62. The Labute approximate surface area is 168 Å². The minimum absolute atomic E-state index is 0.0540. The summed E-state index contributed by atoms with van der Waals surface area (Å²) in [7, 11) is -2.38. The van der Waals surface area contributed by atoms with Crippen molar-refractivity contribution in [1.29, 1.82) is 0 Å². The number of carbonyl (C=O) groups excluding carboxylic acids is 1. The highest BCUT2D eigenvalue weighted by Crippen LogP contribution is 2.18. The average Bonchev–Trinajstić information content (AvgIpc) is 2.99. The van der Waals surface area contributed by atoms with Crippen LogP contribution in [0.5, 0.6) is 0 Å². The standard InChI is InChI=1S/C20H22N2O6S/c1-3-27-19(23)15(11-14-7-5-4-6-8-14)13-21-29(25,26)16-9-10-17-18(12-16)28-20(24)22(17)2/h4-10,12,15,21H,3,11,13H2,1-2H3. The molecule has 1 N–H and O–H groups in total. The maximum absolute atomic E-state index is 12.7. The number of benzene rings is 2. The number of hydrogen-bond donors (Lipinski definition) is 1. The quantitative estimate of drug-likeness (QED) is 0.559. The second-order valence-corrected chi connectivity index (χ2v) is 8.31. The zero-order valence-electron chi connectivity index (χ0n) is 16.1. The molecule has 0 spiro atoms. The summed E-state index contributed by atoms with van der Waals surface area (Å²) in [6.45, 7) is 1.79. The molecule has 3 rings (SSSR count). The van der Waals surface area contributed by atoms with Crippen molar-refractivity contribution < 1.29 is 22.4 Å². The Morgan fingerprint density at radius 3 is 2.62 bits per heavy atom. The Bertz CT molecular complexity index is 1160. The van der Waals surface area contributed by atoms with Crippen LogP contribution in [0.3, 0.4) is 0 Å². The van der Waals surface area contributed by atoms with E-state index >= 15 is 0 Å². The summed E-state index contributed by atoms with van der Waals surface area (Å²) in [4.78, 5) is 23.9. The van der Waals surface area contributed by atoms with Gasteiger partial charge < -0.3 is 9.15 Å². The van der Waals surface area contributed by atoms with E-state index < -0.39 is 27.7 Å². The monoisotopic (exact) mass is 418 g/mol. The third-order valence-corrected chi connectivity index (χ3v) is 5.96. The van der Waals surface area contributed by atoms with E-state index in [2.05, 4.69) is 4.72 Å². The van der Waals surface area contributed by atoms with Crippen molar-refractivity contribution in [1.82, 2.24) is 9.29 Å². The van der Waals surface area contributed by atoms with Crippen LogP contribution < -0.4 is 10.5 Å². The molecule has 29 heavy (non-hydrogen) atoms. The van der Waals surface area contributed by atoms with Gasteiger partial charge in [0, 0.05) is 19.7 Å². The molecule has 0 fully saturated rings. The predicted molar refractivity (Wildman–Crippen MR) is 107 cm³/mol. The number of hydrogen-bond acceptors (Lipinski definition) is 6. The molecule has 1 aromatic heterocycles. The molecule has 1 heterocycles. The van der Waals surface area contributed by atoms with Crippen molar-refractivity contribution in [3.05, 3.63) is 64.6 Å². The Balaban J connectivity index is 1.79. The summed E-state index contributed by atoms with van der Waals surface area (Å²) in [6, 6.07) is 13.5. The van der Waals surface area contributed by atoms with Crippen LogP contribution in [0.15, 0.2) is 62.6 Å². The molecule has 0 aliphatic carbocycles. The minimum atomic E-state index is -3.92. The Kier molecular flexibility index (Phi) is 6.19. The smallest absolute Gasteiger partial charge is 0.419 e. The molecular formula is C20H22N2O6S. The van der Waals surface area contributed by atoms with Crippen molar-refractivity contribution in [2.45, 2.75) is 18.2 Å². The molecule has 2 aromatic carbocycles. The molecule has 1 atom stereocenters. The number of sulfonamides is 1. The van der Waals surface area contributed by atoms with E-state index in [1.165, 1.54) is 29.8 Å². The van der Waals surface area contributed by atoms with Crippen LogP contribution in [-0.2, 0) is 33.0 Å². The molecule has 0 aliphatic heterocycles. The lowest BCUT2D eigenvalue weighted by Gasteiger charge is -2.16. The molecule has 8 nitrogen and oxygen atoms in total. The zero-order chi connectivity index (χ0) is 21.0. The normalized spacial score (nSPS) is 12.8. The summed E-state index contributed by atoms with van der Waals surface area (Å²) < 4.78 is 39.3. The van der Waals surface area contributed by atoms with Gasteiger partial charge in [0.25, 0.3) is 0 Å². The molecule has 0 saturated carbocycles. The van der Waals surface area contributed by atoms with Gasteiger partial charge in [-0.2, -0.15) is 0 Å². The molecule has 0 aliphatic rings. The fourth-order valence-corrected chi connectivity index (χ4v) is 4.07. The molecule has 154 valence electrons. The van der Waals surface area contributed by atoms with Crippen molar-refractivity contribution in [2.75, 3.05) is 13.2 Å². The van der Waals surface area contributed by atoms with Crippen molar-refractivity contribution in [3.63, 3.8) is 0 Å². The predicted octanol–water partition coefficient (Wildman–Crippen LogP) is 1.83. The van der Waals surface area contributed by atoms with Crippen LogP contribution in [0.1, 0.15) is 12.5 Å². The fraction of sp³-hybridized carbons (Fsp3) is 0.300. The molecule has 0 saturated heterocycles. The van der Waals surface area contributed by atoms with E-state index in [4.69, 9.17) is 9.15 Å². The Morgan fingerprint density at radius 1 is 1.21 bits per heavy atom. The molecule has 1 unspecified atom stereocenters. The average molecular weight is 418 g/mol. The summed E-state index contributed by atoms with van der Waals surface area (Å²) >= 11 is 0. The topological polar surface area (TPSA) is 108 Å². The third-order valence-electron chi connectivity index (χ3n) is 4.54. The summed E-state index contributed by atoms with van der Waals surface area (Å²) in [5.41, 5.74) is 1.56. The number of nitrogens with one attached hydrogen (secondary N) is 1. The Morgan fingerprint density at radius 2 is 1.93 bits per heavy atom. The van der Waals surface area contributed by atoms with E-state index in [-0.39, 0.29) is 23.6 Å². The van der Waals surface area contributed by atoms with Crippen LogP contribution in [-0.4, -0.2) is 32.1 Å². The summed E-state index contributed by atoms with van der Waals surface area (Å²) in [5, 5.41) is 0. The van der Waals surface area contributed by atoms with E-state index in [0.717, 1.165) is 5.56 Å². The van der Waals surface area contributed by atoms with E-state index in [1.54, 1.807) is 6.92 Å². The van der Waals surface area contributed by atoms with Gasteiger partial charge in [0.05, 0.1) is 22.9 Å². The SMILES string of the molecule is CCOC(=O)C(CNS(=O)(=O)c1ccc2c(c1)oc(=O)n2C)Cc1ccccc1. The first-order chi connectivity index (χ1) is 13.8. The largest absolute Gasteiger partial charge is 0.466 e. The van der Waals surface area contributed by atoms with Gasteiger partial charge in [0.2, 0.25) is 10.0 Å². The number of esters is 1.